The van der Waals surface area contributed by atoms with Gasteiger partial charge in [-0.15, -0.1) is 0 Å². The quantitative estimate of drug-likeness (QED) is 0.296. The van der Waals surface area contributed by atoms with Crippen molar-refractivity contribution in [3.63, 3.8) is 0 Å². The van der Waals surface area contributed by atoms with Gasteiger partial charge in [-0.05, 0) is 77.6 Å². The number of thiocarbonyl (C=S) groups is 1. The first kappa shape index (κ1) is 25.5. The summed E-state index contributed by atoms with van der Waals surface area (Å²) in [7, 11) is 0. The Morgan fingerprint density at radius 2 is 1.44 bits per heavy atom. The number of nitrogens with zero attached hydrogens (tertiary/aromatic N) is 1. The highest BCUT2D eigenvalue weighted by atomic mass is 35.5. The van der Waals surface area contributed by atoms with E-state index in [1.165, 1.54) is 23.1 Å². The fraction of sp³-hybridized carbons (Fsp3) is 0.214. The third kappa shape index (κ3) is 4.90. The maximum atomic E-state index is 13.5. The van der Waals surface area contributed by atoms with E-state index < -0.39 is 17.7 Å². The fourth-order valence-electron chi connectivity index (χ4n) is 4.23. The van der Waals surface area contributed by atoms with Crippen molar-refractivity contribution in [1.29, 1.82) is 0 Å². The van der Waals surface area contributed by atoms with Crippen molar-refractivity contribution >= 4 is 58.0 Å². The predicted molar refractivity (Wildman–Crippen MR) is 147 cm³/mol. The highest BCUT2D eigenvalue weighted by molar-refractivity contribution is 7.80. The van der Waals surface area contributed by atoms with Crippen LogP contribution in [-0.2, 0) is 0 Å². The predicted octanol–water partition coefficient (Wildman–Crippen LogP) is 6.51. The number of imide groups is 1. The lowest BCUT2D eigenvalue weighted by Crippen LogP contribution is -2.34. The van der Waals surface area contributed by atoms with Crippen LogP contribution in [0, 0.1) is 0 Å². The number of carbonyl (C=O) groups excluding carboxylic acids is 3. The number of rotatable bonds is 5. The van der Waals surface area contributed by atoms with Gasteiger partial charge in [-0.2, -0.15) is 0 Å². The molecule has 36 heavy (non-hydrogen) atoms. The van der Waals surface area contributed by atoms with Crippen molar-refractivity contribution in [2.45, 2.75) is 39.5 Å². The van der Waals surface area contributed by atoms with Crippen LogP contribution in [0.5, 0.6) is 0 Å². The molecule has 6 nitrogen and oxygen atoms in total. The molecule has 0 aromatic heterocycles. The Balaban J connectivity index is 1.61. The summed E-state index contributed by atoms with van der Waals surface area (Å²) in [4.78, 5) is 41.1. The van der Waals surface area contributed by atoms with E-state index in [1.807, 2.05) is 45.9 Å². The second-order valence-corrected chi connectivity index (χ2v) is 10.1. The minimum Gasteiger partial charge on any atom is -0.332 e. The molecule has 0 spiro atoms. The summed E-state index contributed by atoms with van der Waals surface area (Å²) < 4.78 is 0. The van der Waals surface area contributed by atoms with E-state index >= 15 is 0 Å². The van der Waals surface area contributed by atoms with Crippen LogP contribution >= 0.6 is 23.8 Å². The van der Waals surface area contributed by atoms with Gasteiger partial charge in [-0.1, -0.05) is 57.5 Å². The van der Waals surface area contributed by atoms with Crippen molar-refractivity contribution < 1.29 is 14.4 Å². The molecule has 0 aliphatic carbocycles. The number of benzene rings is 3. The Morgan fingerprint density at radius 1 is 0.861 bits per heavy atom. The topological polar surface area (TPSA) is 78.5 Å². The Morgan fingerprint density at radius 3 is 2.03 bits per heavy atom. The molecule has 0 radical (unpaired) electrons. The largest absolute Gasteiger partial charge is 0.332 e. The molecule has 1 aliphatic rings. The molecular weight excluding hydrogens is 494 g/mol. The molecule has 0 saturated heterocycles. The standard InChI is InChI=1S/C28H26ClN3O3S/c1-15(2)20-6-5-7-21(16(3)4)24(20)32-26(34)22-13-8-17(14-23(22)27(32)35)25(33)31-28(36)30-19-11-9-18(29)10-12-19/h5-16H,1-4H3,(H2,30,31,33,36). The van der Waals surface area contributed by atoms with E-state index in [9.17, 15) is 14.4 Å². The Hall–Kier alpha value is -3.55. The number of hydrogen-bond donors (Lipinski definition) is 2. The highest BCUT2D eigenvalue weighted by Crippen LogP contribution is 2.39. The molecule has 2 N–H and O–H groups in total. The summed E-state index contributed by atoms with van der Waals surface area (Å²) in [5, 5.41) is 6.20. The second kappa shape index (κ2) is 10.2. The summed E-state index contributed by atoms with van der Waals surface area (Å²) in [5.41, 5.74) is 3.83. The van der Waals surface area contributed by atoms with E-state index in [0.717, 1.165) is 11.1 Å². The SMILES string of the molecule is CC(C)c1cccc(C(C)C)c1N1C(=O)c2ccc(C(=O)NC(=S)Nc3ccc(Cl)cc3)cc2C1=O. The summed E-state index contributed by atoms with van der Waals surface area (Å²) in [6.07, 6.45) is 0. The third-order valence-corrected chi connectivity index (χ3v) is 6.50. The molecule has 184 valence electrons. The maximum absolute atomic E-state index is 13.5. The third-order valence-electron chi connectivity index (χ3n) is 6.04. The summed E-state index contributed by atoms with van der Waals surface area (Å²) in [6.45, 7) is 8.13. The van der Waals surface area contributed by atoms with E-state index in [0.29, 0.717) is 16.4 Å². The van der Waals surface area contributed by atoms with Crippen LogP contribution < -0.4 is 15.5 Å². The van der Waals surface area contributed by atoms with Crippen molar-refractivity contribution in [3.8, 4) is 0 Å². The van der Waals surface area contributed by atoms with Gasteiger partial charge in [0, 0.05) is 16.3 Å². The minimum absolute atomic E-state index is 0.0966. The van der Waals surface area contributed by atoms with Crippen LogP contribution in [-0.4, -0.2) is 22.8 Å². The van der Waals surface area contributed by atoms with Crippen LogP contribution in [0.4, 0.5) is 11.4 Å². The van der Waals surface area contributed by atoms with Crippen molar-refractivity contribution in [2.75, 3.05) is 10.2 Å². The average molecular weight is 520 g/mol. The molecule has 0 saturated carbocycles. The van der Waals surface area contributed by atoms with Crippen molar-refractivity contribution in [2.24, 2.45) is 0 Å². The van der Waals surface area contributed by atoms with E-state index in [4.69, 9.17) is 23.8 Å². The molecule has 0 fully saturated rings. The molecule has 3 aromatic rings. The number of anilines is 2. The number of halogens is 1. The Kier molecular flexibility index (Phi) is 7.24. The van der Waals surface area contributed by atoms with Crippen LogP contribution in [0.1, 0.15) is 81.7 Å². The number of amides is 3. The molecular formula is C28H26ClN3O3S. The number of fused-ring (bicyclic) bond motifs is 1. The van der Waals surface area contributed by atoms with Gasteiger partial charge in [0.1, 0.15) is 0 Å². The van der Waals surface area contributed by atoms with Crippen LogP contribution in [0.3, 0.4) is 0 Å². The monoisotopic (exact) mass is 519 g/mol. The molecule has 0 atom stereocenters. The van der Waals surface area contributed by atoms with Gasteiger partial charge >= 0.3 is 0 Å². The molecule has 0 bridgehead atoms. The first-order valence-electron chi connectivity index (χ1n) is 11.6. The summed E-state index contributed by atoms with van der Waals surface area (Å²) in [6, 6.07) is 17.2. The first-order chi connectivity index (χ1) is 17.1. The Bertz CT molecular complexity index is 1360. The van der Waals surface area contributed by atoms with E-state index in [1.54, 1.807) is 24.3 Å². The second-order valence-electron chi connectivity index (χ2n) is 9.22. The zero-order valence-corrected chi connectivity index (χ0v) is 22.0. The fourth-order valence-corrected chi connectivity index (χ4v) is 4.56. The van der Waals surface area contributed by atoms with Gasteiger partial charge < -0.3 is 5.32 Å². The van der Waals surface area contributed by atoms with Gasteiger partial charge in [0.2, 0.25) is 0 Å². The zero-order chi connectivity index (χ0) is 26.1. The van der Waals surface area contributed by atoms with Gasteiger partial charge in [-0.25, -0.2) is 4.90 Å². The van der Waals surface area contributed by atoms with Crippen LogP contribution in [0.25, 0.3) is 0 Å². The van der Waals surface area contributed by atoms with Crippen molar-refractivity contribution in [1.82, 2.24) is 5.32 Å². The average Bonchev–Trinajstić information content (AvgIpc) is 3.08. The number of hydrogen-bond acceptors (Lipinski definition) is 4. The lowest BCUT2D eigenvalue weighted by Gasteiger charge is -2.25. The summed E-state index contributed by atoms with van der Waals surface area (Å²) >= 11 is 11.1. The van der Waals surface area contributed by atoms with Crippen LogP contribution in [0.15, 0.2) is 60.7 Å². The van der Waals surface area contributed by atoms with Crippen LogP contribution in [0.2, 0.25) is 5.02 Å². The number of nitrogens with one attached hydrogen (secondary N) is 2. The van der Waals surface area contributed by atoms with Crippen molar-refractivity contribution in [3.05, 3.63) is 93.5 Å². The molecule has 1 aliphatic heterocycles. The number of para-hydroxylation sites is 1. The van der Waals surface area contributed by atoms with Gasteiger partial charge in [-0.3, -0.25) is 19.7 Å². The zero-order valence-electron chi connectivity index (χ0n) is 20.4. The summed E-state index contributed by atoms with van der Waals surface area (Å²) in [5.74, 6) is -1.11. The number of carbonyl (C=O) groups is 3. The lowest BCUT2D eigenvalue weighted by atomic mass is 9.92. The van der Waals surface area contributed by atoms with Gasteiger partial charge in [0.25, 0.3) is 17.7 Å². The molecule has 3 aromatic carbocycles. The van der Waals surface area contributed by atoms with E-state index in [-0.39, 0.29) is 33.6 Å². The lowest BCUT2D eigenvalue weighted by molar-refractivity contribution is 0.0924. The molecule has 3 amide bonds. The minimum atomic E-state index is -0.492. The molecule has 0 unspecified atom stereocenters. The first-order valence-corrected chi connectivity index (χ1v) is 12.4. The maximum Gasteiger partial charge on any atom is 0.266 e. The normalized spacial score (nSPS) is 12.8. The van der Waals surface area contributed by atoms with E-state index in [2.05, 4.69) is 10.6 Å². The Labute approximate surface area is 220 Å². The smallest absolute Gasteiger partial charge is 0.266 e. The van der Waals surface area contributed by atoms with Gasteiger partial charge in [0.15, 0.2) is 5.11 Å². The highest BCUT2D eigenvalue weighted by Gasteiger charge is 2.39. The van der Waals surface area contributed by atoms with Gasteiger partial charge in [0.05, 0.1) is 16.8 Å². The molecule has 1 heterocycles. The molecule has 4 rings (SSSR count). The molecule has 8 heteroatoms.